The molecule has 3 heterocycles. The number of hydrogen-bond acceptors (Lipinski definition) is 4. The fourth-order valence-corrected chi connectivity index (χ4v) is 7.70. The number of aryl methyl sites for hydroxylation is 2. The van der Waals surface area contributed by atoms with E-state index in [1.165, 1.54) is 23.8 Å². The molecule has 0 saturated carbocycles. The van der Waals surface area contributed by atoms with Crippen LogP contribution in [0.5, 0.6) is 5.75 Å². The van der Waals surface area contributed by atoms with Gasteiger partial charge < -0.3 is 14.6 Å². The topological polar surface area (TPSA) is 63.6 Å². The first-order chi connectivity index (χ1) is 22.2. The Hall–Kier alpha value is -3.68. The van der Waals surface area contributed by atoms with Gasteiger partial charge in [0.05, 0.1) is 22.2 Å². The molecule has 8 heteroatoms. The fourth-order valence-electron chi connectivity index (χ4n) is 7.52. The zero-order chi connectivity index (χ0) is 32.4. The Bertz CT molecular complexity index is 1720. The molecular formula is C38H43ClFN3O3. The van der Waals surface area contributed by atoms with Gasteiger partial charge in [0.25, 0.3) is 5.91 Å². The number of halogens is 2. The van der Waals surface area contributed by atoms with Crippen LogP contribution < -0.4 is 10.1 Å². The lowest BCUT2D eigenvalue weighted by atomic mass is 9.85. The van der Waals surface area contributed by atoms with Crippen molar-refractivity contribution in [3.8, 4) is 5.75 Å². The van der Waals surface area contributed by atoms with E-state index >= 15 is 0 Å². The fraction of sp³-hybridized carbons (Fsp3) is 0.421. The van der Waals surface area contributed by atoms with Crippen LogP contribution in [0.2, 0.25) is 5.02 Å². The van der Waals surface area contributed by atoms with Crippen molar-refractivity contribution < 1.29 is 18.7 Å². The monoisotopic (exact) mass is 643 g/mol. The summed E-state index contributed by atoms with van der Waals surface area (Å²) in [6.07, 6.45) is 7.72. The number of nitrogens with zero attached hydrogens (tertiary/aromatic N) is 2. The van der Waals surface area contributed by atoms with Gasteiger partial charge in [-0.15, -0.1) is 0 Å². The third kappa shape index (κ3) is 7.16. The Morgan fingerprint density at radius 1 is 1.02 bits per heavy atom. The summed E-state index contributed by atoms with van der Waals surface area (Å²) in [6, 6.07) is 19.3. The summed E-state index contributed by atoms with van der Waals surface area (Å²) < 4.78 is 22.0. The molecule has 0 radical (unpaired) electrons. The maximum absolute atomic E-state index is 13.6. The van der Waals surface area contributed by atoms with Crippen LogP contribution in [0.25, 0.3) is 10.9 Å². The van der Waals surface area contributed by atoms with Crippen molar-refractivity contribution in [3.05, 3.63) is 100.0 Å². The van der Waals surface area contributed by atoms with Gasteiger partial charge >= 0.3 is 0 Å². The van der Waals surface area contributed by atoms with Crippen LogP contribution >= 0.6 is 11.6 Å². The number of Topliss-reactive ketones (excluding diaryl/α,β-unsaturated/α-hetero) is 1. The van der Waals surface area contributed by atoms with E-state index in [0.29, 0.717) is 42.1 Å². The number of hydrogen-bond donors (Lipinski definition) is 1. The minimum atomic E-state index is -0.501. The zero-order valence-corrected chi connectivity index (χ0v) is 27.7. The number of rotatable bonds is 12. The molecule has 1 aromatic heterocycles. The van der Waals surface area contributed by atoms with Gasteiger partial charge in [0.15, 0.2) is 5.78 Å². The van der Waals surface area contributed by atoms with Crippen LogP contribution in [0, 0.1) is 18.7 Å². The van der Waals surface area contributed by atoms with E-state index in [-0.39, 0.29) is 22.8 Å². The third-order valence-corrected chi connectivity index (χ3v) is 9.81. The van der Waals surface area contributed by atoms with Gasteiger partial charge in [0.1, 0.15) is 11.6 Å². The van der Waals surface area contributed by atoms with Gasteiger partial charge in [-0.25, -0.2) is 4.39 Å². The molecule has 2 bridgehead atoms. The molecule has 6 nitrogen and oxygen atoms in total. The quantitative estimate of drug-likeness (QED) is 0.158. The summed E-state index contributed by atoms with van der Waals surface area (Å²) in [5.74, 6) is 0.564. The number of amides is 1. The summed E-state index contributed by atoms with van der Waals surface area (Å²) in [4.78, 5) is 29.1. The van der Waals surface area contributed by atoms with Crippen molar-refractivity contribution >= 4 is 34.2 Å². The van der Waals surface area contributed by atoms with E-state index in [4.69, 9.17) is 16.3 Å². The molecule has 6 rings (SSSR count). The van der Waals surface area contributed by atoms with Crippen molar-refractivity contribution in [1.82, 2.24) is 14.8 Å². The second-order valence-electron chi connectivity index (χ2n) is 13.3. The second kappa shape index (κ2) is 14.0. The molecule has 2 saturated heterocycles. The number of fused-ring (bicyclic) bond motifs is 3. The third-order valence-electron chi connectivity index (χ3n) is 9.52. The molecule has 1 N–H and O–H groups in total. The number of benzene rings is 3. The summed E-state index contributed by atoms with van der Waals surface area (Å²) in [5.41, 5.74) is 4.34. The maximum atomic E-state index is 13.6. The first kappa shape index (κ1) is 32.3. The Morgan fingerprint density at radius 2 is 1.78 bits per heavy atom. The van der Waals surface area contributed by atoms with Gasteiger partial charge in [0, 0.05) is 55.3 Å². The first-order valence-electron chi connectivity index (χ1n) is 16.5. The van der Waals surface area contributed by atoms with Crippen molar-refractivity contribution in [3.63, 3.8) is 0 Å². The number of nitrogens with one attached hydrogen (secondary N) is 1. The molecule has 0 spiro atoms. The molecule has 1 unspecified atom stereocenters. The van der Waals surface area contributed by atoms with Crippen LogP contribution in [-0.4, -0.2) is 45.9 Å². The van der Waals surface area contributed by atoms with Gasteiger partial charge in [-0.3, -0.25) is 14.5 Å². The van der Waals surface area contributed by atoms with Crippen molar-refractivity contribution in [2.45, 2.75) is 90.6 Å². The highest BCUT2D eigenvalue weighted by atomic mass is 35.5. The predicted molar refractivity (Wildman–Crippen MR) is 181 cm³/mol. The van der Waals surface area contributed by atoms with E-state index in [0.717, 1.165) is 67.4 Å². The summed E-state index contributed by atoms with van der Waals surface area (Å²) in [5, 5.41) is 4.01. The van der Waals surface area contributed by atoms with Gasteiger partial charge in [-0.1, -0.05) is 53.6 Å². The van der Waals surface area contributed by atoms with Gasteiger partial charge in [0.2, 0.25) is 0 Å². The number of carbonyl (C=O) groups is 2. The average molecular weight is 644 g/mol. The lowest BCUT2D eigenvalue weighted by Crippen LogP contribution is -2.43. The summed E-state index contributed by atoms with van der Waals surface area (Å²) in [7, 11) is 0. The van der Waals surface area contributed by atoms with E-state index in [1.54, 1.807) is 0 Å². The van der Waals surface area contributed by atoms with Crippen LogP contribution in [0.1, 0.15) is 84.2 Å². The molecule has 2 fully saturated rings. The molecule has 2 aliphatic rings. The van der Waals surface area contributed by atoms with Gasteiger partial charge in [-0.2, -0.15) is 0 Å². The zero-order valence-electron chi connectivity index (χ0n) is 26.9. The van der Waals surface area contributed by atoms with E-state index in [9.17, 15) is 14.0 Å². The Labute approximate surface area is 275 Å². The Balaban J connectivity index is 1.12. The molecule has 0 aliphatic carbocycles. The molecular weight excluding hydrogens is 601 g/mol. The standard InChI is InChI=1S/C38H43ClFN3O3/c1-24(2)46-36-10-5-9-31-32(38(45)41-22-26-8-4-7-25(3)17-26)23-42(37(31)36)15-6-16-43-29-12-13-30(43)19-27(18-29)20-35(44)28-11-14-34(40)33(39)21-28/h4-5,7-11,14,17,21,23-24,27,29-30H,6,12-13,15-16,18-20,22H2,1-3H3,(H,41,45)/t27?,29-,30+. The number of para-hydroxylation sites is 1. The van der Waals surface area contributed by atoms with E-state index < -0.39 is 5.82 Å². The molecule has 3 atom stereocenters. The van der Waals surface area contributed by atoms with Crippen molar-refractivity contribution in [1.29, 1.82) is 0 Å². The van der Waals surface area contributed by atoms with Crippen LogP contribution in [0.15, 0.2) is 66.9 Å². The second-order valence-corrected chi connectivity index (χ2v) is 13.7. The number of ether oxygens (including phenoxy) is 1. The highest BCUT2D eigenvalue weighted by molar-refractivity contribution is 6.31. The number of ketones is 1. The molecule has 46 heavy (non-hydrogen) atoms. The SMILES string of the molecule is Cc1cccc(CNC(=O)c2cn(CCCN3[C@@H]4CC[C@H]3CC(CC(=O)c3ccc(F)c(Cl)c3)C4)c3c(OC(C)C)cccc23)c1. The lowest BCUT2D eigenvalue weighted by Gasteiger charge is -2.39. The van der Waals surface area contributed by atoms with Crippen LogP contribution in [0.4, 0.5) is 4.39 Å². The number of aromatic nitrogens is 1. The molecule has 4 aromatic rings. The normalized spacial score (nSPS) is 19.6. The molecule has 1 amide bonds. The first-order valence-corrected chi connectivity index (χ1v) is 16.9. The van der Waals surface area contributed by atoms with Crippen molar-refractivity contribution in [2.75, 3.05) is 6.54 Å². The van der Waals surface area contributed by atoms with E-state index in [2.05, 4.69) is 33.8 Å². The minimum Gasteiger partial charge on any atom is -0.489 e. The largest absolute Gasteiger partial charge is 0.489 e. The Kier molecular flexibility index (Phi) is 9.81. The highest BCUT2D eigenvalue weighted by Crippen LogP contribution is 2.40. The minimum absolute atomic E-state index is 0.00546. The maximum Gasteiger partial charge on any atom is 0.253 e. The summed E-state index contributed by atoms with van der Waals surface area (Å²) >= 11 is 5.93. The average Bonchev–Trinajstić information content (AvgIpc) is 3.51. The molecule has 3 aromatic carbocycles. The van der Waals surface area contributed by atoms with Gasteiger partial charge in [-0.05, 0) is 88.6 Å². The smallest absolute Gasteiger partial charge is 0.253 e. The highest BCUT2D eigenvalue weighted by Gasteiger charge is 2.40. The molecule has 2 aliphatic heterocycles. The summed E-state index contributed by atoms with van der Waals surface area (Å²) in [6.45, 7) is 8.29. The number of carbonyl (C=O) groups excluding carboxylic acids is 2. The lowest BCUT2D eigenvalue weighted by molar-refractivity contribution is 0.0807. The Morgan fingerprint density at radius 3 is 2.50 bits per heavy atom. The van der Waals surface area contributed by atoms with Crippen molar-refractivity contribution in [2.24, 2.45) is 5.92 Å². The number of piperidine rings is 1. The van der Waals surface area contributed by atoms with Crippen LogP contribution in [0.3, 0.4) is 0 Å². The van der Waals surface area contributed by atoms with E-state index in [1.807, 2.05) is 50.4 Å². The predicted octanol–water partition coefficient (Wildman–Crippen LogP) is 8.37. The van der Waals surface area contributed by atoms with Crippen LogP contribution in [-0.2, 0) is 13.1 Å². The molecule has 242 valence electrons.